The summed E-state index contributed by atoms with van der Waals surface area (Å²) in [6.45, 7) is 4.75. The van der Waals surface area contributed by atoms with Crippen molar-refractivity contribution in [2.75, 3.05) is 0 Å². The van der Waals surface area contributed by atoms with E-state index in [-0.39, 0.29) is 5.41 Å². The number of hydrogen-bond donors (Lipinski definition) is 0. The predicted octanol–water partition coefficient (Wildman–Crippen LogP) is 16.7. The molecule has 0 bridgehead atoms. The van der Waals surface area contributed by atoms with Gasteiger partial charge in [-0.1, -0.05) is 159 Å². The summed E-state index contributed by atoms with van der Waals surface area (Å²) in [4.78, 5) is 0. The van der Waals surface area contributed by atoms with Crippen LogP contribution in [0.2, 0.25) is 0 Å². The first-order chi connectivity index (χ1) is 29.0. The quantitative estimate of drug-likeness (QED) is 0.163. The Kier molecular flexibility index (Phi) is 6.73. The molecule has 10 aromatic carbocycles. The van der Waals surface area contributed by atoms with Crippen LogP contribution in [0.1, 0.15) is 25.0 Å². The molecule has 0 saturated heterocycles. The molecule has 0 N–H and O–H groups in total. The molecule has 1 aliphatic carbocycles. The highest BCUT2D eigenvalue weighted by Crippen LogP contribution is 2.53. The van der Waals surface area contributed by atoms with Gasteiger partial charge in [-0.15, -0.1) is 11.3 Å². The Labute approximate surface area is 345 Å². The van der Waals surface area contributed by atoms with E-state index in [0.29, 0.717) is 0 Å². The molecule has 0 unspecified atom stereocenters. The molecule has 0 radical (unpaired) electrons. The number of rotatable bonds is 3. The second-order valence-corrected chi connectivity index (χ2v) is 17.8. The van der Waals surface area contributed by atoms with Crippen molar-refractivity contribution in [3.05, 3.63) is 193 Å². The Hall–Kier alpha value is -7.00. The molecule has 2 aromatic heterocycles. The smallest absolute Gasteiger partial charge is 0.135 e. The first-order valence-electron chi connectivity index (χ1n) is 20.5. The van der Waals surface area contributed by atoms with Gasteiger partial charge in [0.15, 0.2) is 0 Å². The topological polar surface area (TPSA) is 13.1 Å². The van der Waals surface area contributed by atoms with Gasteiger partial charge in [-0.3, -0.25) is 0 Å². The summed E-state index contributed by atoms with van der Waals surface area (Å²) in [5, 5.41) is 12.6. The predicted molar refractivity (Wildman–Crippen MR) is 253 cm³/mol. The van der Waals surface area contributed by atoms with Crippen LogP contribution >= 0.6 is 11.3 Å². The van der Waals surface area contributed by atoms with E-state index in [1.165, 1.54) is 108 Å². The van der Waals surface area contributed by atoms with E-state index in [1.807, 2.05) is 17.4 Å². The molecule has 12 aromatic rings. The lowest BCUT2D eigenvalue weighted by molar-refractivity contribution is 0.661. The van der Waals surface area contributed by atoms with Gasteiger partial charge in [-0.05, 0) is 124 Å². The van der Waals surface area contributed by atoms with Gasteiger partial charge >= 0.3 is 0 Å². The van der Waals surface area contributed by atoms with E-state index in [1.54, 1.807) is 0 Å². The fourth-order valence-electron chi connectivity index (χ4n) is 10.5. The molecule has 1 nitrogen and oxygen atoms in total. The molecule has 0 amide bonds. The highest BCUT2D eigenvalue weighted by atomic mass is 32.1. The van der Waals surface area contributed by atoms with Crippen molar-refractivity contribution in [1.29, 1.82) is 0 Å². The van der Waals surface area contributed by atoms with Gasteiger partial charge < -0.3 is 4.42 Å². The molecule has 0 atom stereocenters. The second-order valence-electron chi connectivity index (χ2n) is 16.7. The molecule has 0 fully saturated rings. The van der Waals surface area contributed by atoms with E-state index < -0.39 is 0 Å². The molecular weight excluding hydrogens is 733 g/mol. The summed E-state index contributed by atoms with van der Waals surface area (Å²) in [5.41, 5.74) is 14.8. The van der Waals surface area contributed by atoms with Crippen molar-refractivity contribution in [3.63, 3.8) is 0 Å². The summed E-state index contributed by atoms with van der Waals surface area (Å²) >= 11 is 1.92. The molecular formula is C57H36OS. The monoisotopic (exact) mass is 768 g/mol. The number of hydrogen-bond acceptors (Lipinski definition) is 2. The highest BCUT2D eigenvalue weighted by Gasteiger charge is 2.36. The highest BCUT2D eigenvalue weighted by molar-refractivity contribution is 7.26. The number of fused-ring (bicyclic) bond motifs is 13. The summed E-state index contributed by atoms with van der Waals surface area (Å²) in [6, 6.07) is 67.5. The Morgan fingerprint density at radius 1 is 0.356 bits per heavy atom. The van der Waals surface area contributed by atoms with E-state index in [9.17, 15) is 0 Å². The van der Waals surface area contributed by atoms with Gasteiger partial charge in [0, 0.05) is 36.4 Å². The Bertz CT molecular complexity index is 3690. The third-order valence-electron chi connectivity index (χ3n) is 13.3. The number of furan rings is 1. The van der Waals surface area contributed by atoms with Crippen LogP contribution in [0.3, 0.4) is 0 Å². The van der Waals surface area contributed by atoms with Gasteiger partial charge in [-0.2, -0.15) is 0 Å². The molecule has 0 spiro atoms. The van der Waals surface area contributed by atoms with E-state index >= 15 is 0 Å². The molecule has 59 heavy (non-hydrogen) atoms. The normalized spacial score (nSPS) is 13.4. The van der Waals surface area contributed by atoms with Gasteiger partial charge in [0.2, 0.25) is 0 Å². The van der Waals surface area contributed by atoms with Crippen LogP contribution in [0.4, 0.5) is 0 Å². The largest absolute Gasteiger partial charge is 0.456 e. The maximum absolute atomic E-state index is 6.23. The van der Waals surface area contributed by atoms with Crippen LogP contribution in [-0.4, -0.2) is 0 Å². The maximum Gasteiger partial charge on any atom is 0.135 e. The van der Waals surface area contributed by atoms with Gasteiger partial charge in [0.1, 0.15) is 11.2 Å². The molecule has 2 heteroatoms. The fourth-order valence-corrected chi connectivity index (χ4v) is 11.7. The lowest BCUT2D eigenvalue weighted by Crippen LogP contribution is -2.14. The van der Waals surface area contributed by atoms with E-state index in [0.717, 1.165) is 21.9 Å². The van der Waals surface area contributed by atoms with E-state index in [2.05, 4.69) is 190 Å². The number of thiophene rings is 1. The summed E-state index contributed by atoms with van der Waals surface area (Å²) < 4.78 is 8.91. The number of para-hydroxylation sites is 1. The number of benzene rings is 10. The molecule has 276 valence electrons. The minimum absolute atomic E-state index is 0.0350. The average molecular weight is 769 g/mol. The van der Waals surface area contributed by atoms with E-state index in [4.69, 9.17) is 4.42 Å². The molecule has 1 aliphatic rings. The molecule has 2 heterocycles. The van der Waals surface area contributed by atoms with Crippen LogP contribution < -0.4 is 0 Å². The minimum Gasteiger partial charge on any atom is -0.456 e. The van der Waals surface area contributed by atoms with Crippen molar-refractivity contribution >= 4 is 85.8 Å². The second kappa shape index (κ2) is 12.0. The van der Waals surface area contributed by atoms with Crippen molar-refractivity contribution in [2.24, 2.45) is 0 Å². The van der Waals surface area contributed by atoms with Crippen molar-refractivity contribution in [1.82, 2.24) is 0 Å². The molecule has 0 saturated carbocycles. The molecule has 0 aliphatic heterocycles. The van der Waals surface area contributed by atoms with Crippen molar-refractivity contribution < 1.29 is 4.42 Å². The summed E-state index contributed by atoms with van der Waals surface area (Å²) in [5.74, 6) is 0. The van der Waals surface area contributed by atoms with Crippen LogP contribution in [0.15, 0.2) is 186 Å². The van der Waals surface area contributed by atoms with Crippen LogP contribution in [0, 0.1) is 0 Å². The SMILES string of the molecule is CC1(C)c2ccccc2-c2cc3sc4cc(-c5ccc(-c6c7ccccc7c(-c7ccc8oc9ccccc9c8c7)c7ccccc67)cc5)c5ccccc5c4c3cc21. The Morgan fingerprint density at radius 3 is 1.63 bits per heavy atom. The average Bonchev–Trinajstić information content (AvgIpc) is 3.91. The van der Waals surface area contributed by atoms with Gasteiger partial charge in [0.25, 0.3) is 0 Å². The first kappa shape index (κ1) is 33.0. The lowest BCUT2D eigenvalue weighted by atomic mass is 9.82. The Morgan fingerprint density at radius 2 is 0.898 bits per heavy atom. The fraction of sp³-hybridized carbons (Fsp3) is 0.0526. The van der Waals surface area contributed by atoms with Gasteiger partial charge in [-0.25, -0.2) is 0 Å². The van der Waals surface area contributed by atoms with Crippen LogP contribution in [0.25, 0.3) is 119 Å². The summed E-state index contributed by atoms with van der Waals surface area (Å²) in [6.07, 6.45) is 0. The lowest BCUT2D eigenvalue weighted by Gasteiger charge is -2.21. The van der Waals surface area contributed by atoms with Crippen molar-refractivity contribution in [2.45, 2.75) is 19.3 Å². The first-order valence-corrected chi connectivity index (χ1v) is 21.3. The third kappa shape index (κ3) is 4.61. The maximum atomic E-state index is 6.23. The minimum atomic E-state index is -0.0350. The van der Waals surface area contributed by atoms with Crippen LogP contribution in [-0.2, 0) is 5.41 Å². The zero-order valence-corrected chi connectivity index (χ0v) is 33.5. The Balaban J connectivity index is 0.975. The van der Waals surface area contributed by atoms with Crippen molar-refractivity contribution in [3.8, 4) is 44.5 Å². The molecule has 13 rings (SSSR count). The summed E-state index contributed by atoms with van der Waals surface area (Å²) in [7, 11) is 0. The zero-order valence-electron chi connectivity index (χ0n) is 32.6. The van der Waals surface area contributed by atoms with Crippen LogP contribution in [0.5, 0.6) is 0 Å². The third-order valence-corrected chi connectivity index (χ3v) is 14.4. The zero-order chi connectivity index (χ0) is 39.0. The standard InChI is InChI=1S/C57H36OS/c1-57(2)48-21-11-9-14-37(48)45-32-52-47(30-49(45)57)56-39-16-4-3-13-36(39)44(31-53(56)59-52)33-23-25-34(26-24-33)54-40-17-5-7-19-42(40)55(43-20-8-6-18-41(43)54)35-27-28-51-46(29-35)38-15-10-12-22-50(38)58-51/h3-32H,1-2H3. The van der Waals surface area contributed by atoms with Gasteiger partial charge in [0.05, 0.1) is 0 Å².